The Balaban J connectivity index is 3.12. The molecule has 0 aliphatic rings. The van der Waals surface area contributed by atoms with Crippen molar-refractivity contribution < 1.29 is 0 Å². The summed E-state index contributed by atoms with van der Waals surface area (Å²) in [4.78, 5) is 4.19. The summed E-state index contributed by atoms with van der Waals surface area (Å²) in [6.45, 7) is 0.450. The maximum absolute atomic E-state index is 8.59. The molecule has 1 aromatic heterocycles. The fourth-order valence-electron chi connectivity index (χ4n) is 0.725. The van der Waals surface area contributed by atoms with Crippen LogP contribution in [0.25, 0.3) is 0 Å². The van der Waals surface area contributed by atoms with E-state index in [0.717, 1.165) is 8.95 Å². The molecule has 1 aromatic rings. The third-order valence-corrected chi connectivity index (χ3v) is 3.02. The normalized spacial score (nSPS) is 9.00. The Kier molecular flexibility index (Phi) is 2.96. The van der Waals surface area contributed by atoms with Crippen LogP contribution in [0.5, 0.6) is 0 Å². The first-order valence-corrected chi connectivity index (χ1v) is 5.38. The van der Waals surface area contributed by atoms with Crippen LogP contribution in [0.1, 0.15) is 11.3 Å². The number of nitrogens with zero attached hydrogens (tertiary/aromatic N) is 2. The van der Waals surface area contributed by atoms with E-state index >= 15 is 0 Å². The second-order valence-corrected chi connectivity index (χ2v) is 4.18. The Morgan fingerprint density at radius 1 is 1.64 bits per heavy atom. The molecule has 0 atom stereocenters. The summed E-state index contributed by atoms with van der Waals surface area (Å²) in [5, 5.41) is 8.59. The topological polar surface area (TPSA) is 62.7 Å². The first-order valence-electron chi connectivity index (χ1n) is 3.13. The predicted molar refractivity (Wildman–Crippen MR) is 42.2 cm³/mol. The van der Waals surface area contributed by atoms with Crippen molar-refractivity contribution in [2.45, 2.75) is 6.54 Å². The van der Waals surface area contributed by atoms with Gasteiger partial charge in [0.1, 0.15) is 0 Å². The van der Waals surface area contributed by atoms with E-state index in [0.29, 0.717) is 37.9 Å². The van der Waals surface area contributed by atoms with E-state index in [1.807, 2.05) is 0 Å². The van der Waals surface area contributed by atoms with Gasteiger partial charge in [-0.3, -0.25) is 0 Å². The molecule has 1 heterocycles. The van der Waals surface area contributed by atoms with E-state index in [-0.39, 0.29) is 0 Å². The summed E-state index contributed by atoms with van der Waals surface area (Å²) in [5.74, 6) is 0. The van der Waals surface area contributed by atoms with Gasteiger partial charge in [-0.2, -0.15) is 0 Å². The van der Waals surface area contributed by atoms with E-state index < -0.39 is 0 Å². The van der Waals surface area contributed by atoms with Gasteiger partial charge in [-0.05, 0) is 0 Å². The van der Waals surface area contributed by atoms with Gasteiger partial charge in [0.25, 0.3) is 0 Å². The molecular weight excluding hydrogens is 330 g/mol. The van der Waals surface area contributed by atoms with Gasteiger partial charge in [-0.15, -0.1) is 0 Å². The third-order valence-electron chi connectivity index (χ3n) is 1.31. The summed E-state index contributed by atoms with van der Waals surface area (Å²) in [7, 11) is 0. The number of pyridine rings is 1. The number of hydrogen-bond acceptors (Lipinski definition) is 3. The Bertz CT molecular complexity index is 303. The van der Waals surface area contributed by atoms with E-state index in [1.165, 1.54) is 0 Å². The predicted octanol–water partition coefficient (Wildman–Crippen LogP) is -0.794. The average molecular weight is 337 g/mol. The molecule has 0 amide bonds. The van der Waals surface area contributed by atoms with Crippen LogP contribution < -0.4 is 8.99 Å². The molecule has 0 saturated carbocycles. The van der Waals surface area contributed by atoms with E-state index in [2.05, 4.69) is 11.1 Å². The standard InChI is InChI=1S/C7H6N3.Tl/c8-3-6-1-2-7(4-9)10-5-6;/h1-2H,4,9H2;. The van der Waals surface area contributed by atoms with Gasteiger partial charge in [-0.1, -0.05) is 0 Å². The summed E-state index contributed by atoms with van der Waals surface area (Å²) < 4.78 is 0.912. The van der Waals surface area contributed by atoms with Gasteiger partial charge in [0.15, 0.2) is 0 Å². The van der Waals surface area contributed by atoms with Crippen molar-refractivity contribution in [1.29, 1.82) is 5.26 Å². The van der Waals surface area contributed by atoms with Gasteiger partial charge in [0, 0.05) is 0 Å². The van der Waals surface area contributed by atoms with Gasteiger partial charge in [0.2, 0.25) is 0 Å². The number of hydrogen-bond donors (Lipinski definition) is 1. The first kappa shape index (κ1) is 8.62. The van der Waals surface area contributed by atoms with Gasteiger partial charge < -0.3 is 0 Å². The van der Waals surface area contributed by atoms with Crippen molar-refractivity contribution in [1.82, 2.24) is 4.98 Å². The third kappa shape index (κ3) is 1.97. The molecule has 0 fully saturated rings. The summed E-state index contributed by atoms with van der Waals surface area (Å²) in [5.41, 5.74) is 6.93. The molecule has 0 aromatic carbocycles. The molecule has 1 rings (SSSR count). The number of nitriles is 1. The molecule has 11 heavy (non-hydrogen) atoms. The molecule has 52 valence electrons. The first-order chi connectivity index (χ1) is 5.27. The zero-order chi connectivity index (χ0) is 8.27. The van der Waals surface area contributed by atoms with Gasteiger partial charge in [-0.25, -0.2) is 0 Å². The van der Waals surface area contributed by atoms with Crippen molar-refractivity contribution in [3.05, 3.63) is 23.4 Å². The summed E-state index contributed by atoms with van der Waals surface area (Å²) in [6.07, 6.45) is 0. The fraction of sp³-hybridized carbons (Fsp3) is 0.143. The molecule has 4 heteroatoms. The summed E-state index contributed by atoms with van der Waals surface area (Å²) >= 11 is 0.598. The van der Waals surface area contributed by atoms with E-state index in [4.69, 9.17) is 11.0 Å². The minimum absolute atomic E-state index is 0.450. The van der Waals surface area contributed by atoms with Crippen LogP contribution in [0.4, 0.5) is 0 Å². The van der Waals surface area contributed by atoms with Crippen LogP contribution in [0, 0.1) is 11.3 Å². The molecule has 0 saturated heterocycles. The van der Waals surface area contributed by atoms with Crippen molar-refractivity contribution >= 4 is 29.0 Å². The zero-order valence-electron chi connectivity index (χ0n) is 5.91. The fourth-order valence-corrected chi connectivity index (χ4v) is 1.99. The van der Waals surface area contributed by atoms with Crippen LogP contribution in [0.2, 0.25) is 0 Å². The van der Waals surface area contributed by atoms with Crippen LogP contribution in [-0.4, -0.2) is 30.8 Å². The summed E-state index contributed by atoms with van der Waals surface area (Å²) in [6, 6.07) is 5.66. The van der Waals surface area contributed by atoms with E-state index in [9.17, 15) is 0 Å². The molecule has 0 aliphatic heterocycles. The molecule has 0 aliphatic carbocycles. The molecule has 0 unspecified atom stereocenters. The molecule has 3 nitrogen and oxygen atoms in total. The van der Waals surface area contributed by atoms with Crippen molar-refractivity contribution in [2.75, 3.05) is 0 Å². The molecule has 0 bridgehead atoms. The van der Waals surface area contributed by atoms with Gasteiger partial charge in [0.05, 0.1) is 0 Å². The van der Waals surface area contributed by atoms with Gasteiger partial charge >= 0.3 is 81.0 Å². The quantitative estimate of drug-likeness (QED) is 0.684. The van der Waals surface area contributed by atoms with Crippen molar-refractivity contribution in [2.24, 2.45) is 5.73 Å². The number of rotatable bonds is 1. The minimum atomic E-state index is 0.450. The van der Waals surface area contributed by atoms with Crippen molar-refractivity contribution in [3.63, 3.8) is 0 Å². The Labute approximate surface area is 80.9 Å². The van der Waals surface area contributed by atoms with Crippen LogP contribution in [-0.2, 0) is 6.54 Å². The molecule has 0 spiro atoms. The molecule has 2 N–H and O–H groups in total. The monoisotopic (exact) mass is 337 g/mol. The van der Waals surface area contributed by atoms with Crippen LogP contribution in [0.15, 0.2) is 12.1 Å². The Hall–Kier alpha value is -0.478. The van der Waals surface area contributed by atoms with Crippen LogP contribution >= 0.6 is 0 Å². The second-order valence-electron chi connectivity index (χ2n) is 2.05. The SMILES string of the molecule is N#Cc1ccc(CN)n[c]1[Tl]. The maximum atomic E-state index is 8.59. The average Bonchev–Trinajstić information content (AvgIpc) is 2.04. The Morgan fingerprint density at radius 3 is 2.82 bits per heavy atom. The Morgan fingerprint density at radius 2 is 2.36 bits per heavy atom. The zero-order valence-corrected chi connectivity index (χ0v) is 10.4. The van der Waals surface area contributed by atoms with E-state index in [1.54, 1.807) is 12.1 Å². The second kappa shape index (κ2) is 3.78. The van der Waals surface area contributed by atoms with Crippen LogP contribution in [0.3, 0.4) is 0 Å². The number of aromatic nitrogens is 1. The molecule has 0 radical (unpaired) electrons. The molecular formula is C7H6N3Tl. The van der Waals surface area contributed by atoms with Crippen molar-refractivity contribution in [3.8, 4) is 6.07 Å². The number of nitrogens with two attached hydrogens (primary N) is 1.